The number of rotatable bonds is 1. The van der Waals surface area contributed by atoms with Crippen molar-refractivity contribution < 1.29 is 0 Å². The number of fused-ring (bicyclic) bond motifs is 5. The molecule has 1 heterocycles. The molecule has 2 nitrogen and oxygen atoms in total. The number of nitrogens with zero attached hydrogens (tertiary/aromatic N) is 2. The van der Waals surface area contributed by atoms with Gasteiger partial charge in [-0.15, -0.1) is 0 Å². The lowest BCUT2D eigenvalue weighted by Gasteiger charge is -2.22. The molecule has 1 aromatic heterocycles. The Morgan fingerprint density at radius 2 is 1.82 bits per heavy atom. The summed E-state index contributed by atoms with van der Waals surface area (Å²) in [5.41, 5.74) is 5.86. The van der Waals surface area contributed by atoms with Crippen molar-refractivity contribution in [2.24, 2.45) is 5.41 Å². The molecule has 0 aliphatic heterocycles. The second-order valence-electron chi connectivity index (χ2n) is 7.01. The molecule has 92 valence electrons. The summed E-state index contributed by atoms with van der Waals surface area (Å²) in [4.78, 5) is 0. The zero-order valence-corrected chi connectivity index (χ0v) is 11.4. The van der Waals surface area contributed by atoms with Crippen LogP contribution in [-0.2, 0) is 6.42 Å². The van der Waals surface area contributed by atoms with Crippen LogP contribution in [0.4, 0.5) is 0 Å². The van der Waals surface area contributed by atoms with E-state index < -0.39 is 0 Å². The minimum Gasteiger partial charge on any atom is -0.155 e. The van der Waals surface area contributed by atoms with Crippen molar-refractivity contribution in [2.75, 3.05) is 0 Å². The molecule has 0 N–H and O–H groups in total. The molecule has 1 saturated carbocycles. The average molecular weight is 230 g/mol. The summed E-state index contributed by atoms with van der Waals surface area (Å²) in [5.74, 6) is 1.52. The zero-order valence-electron chi connectivity index (χ0n) is 11.4. The summed E-state index contributed by atoms with van der Waals surface area (Å²) in [5, 5.41) is 9.04. The number of hydrogen-bond donors (Lipinski definition) is 0. The van der Waals surface area contributed by atoms with E-state index in [2.05, 4.69) is 37.9 Å². The Bertz CT molecular complexity index is 457. The highest BCUT2D eigenvalue weighted by atomic mass is 15.1. The van der Waals surface area contributed by atoms with Crippen molar-refractivity contribution >= 4 is 0 Å². The van der Waals surface area contributed by atoms with Crippen LogP contribution in [0.1, 0.15) is 74.4 Å². The Balaban J connectivity index is 2.02. The van der Waals surface area contributed by atoms with Crippen LogP contribution in [-0.4, -0.2) is 10.2 Å². The van der Waals surface area contributed by atoms with Crippen molar-refractivity contribution in [3.63, 3.8) is 0 Å². The van der Waals surface area contributed by atoms with E-state index in [4.69, 9.17) is 0 Å². The molecule has 2 bridgehead atoms. The summed E-state index contributed by atoms with van der Waals surface area (Å²) in [7, 11) is 0. The quantitative estimate of drug-likeness (QED) is 0.734. The van der Waals surface area contributed by atoms with E-state index in [0.717, 1.165) is 18.3 Å². The van der Waals surface area contributed by atoms with Gasteiger partial charge in [-0.3, -0.25) is 0 Å². The van der Waals surface area contributed by atoms with Gasteiger partial charge in [0.25, 0.3) is 0 Å². The summed E-state index contributed by atoms with van der Waals surface area (Å²) in [6, 6.07) is 0. The summed E-state index contributed by atoms with van der Waals surface area (Å²) < 4.78 is 0. The van der Waals surface area contributed by atoms with E-state index in [9.17, 15) is 0 Å². The highest BCUT2D eigenvalue weighted by molar-refractivity contribution is 5.43. The molecule has 0 saturated heterocycles. The van der Waals surface area contributed by atoms with Gasteiger partial charge in [0.2, 0.25) is 0 Å². The molecule has 0 radical (unpaired) electrons. The highest BCUT2D eigenvalue weighted by Crippen LogP contribution is 2.53. The molecular formula is C15H22N2. The van der Waals surface area contributed by atoms with Crippen LogP contribution in [0.2, 0.25) is 0 Å². The minimum atomic E-state index is 0.297. The Morgan fingerprint density at radius 3 is 2.53 bits per heavy atom. The molecule has 0 unspecified atom stereocenters. The Hall–Kier alpha value is -0.920. The second-order valence-corrected chi connectivity index (χ2v) is 7.01. The lowest BCUT2D eigenvalue weighted by Crippen LogP contribution is -2.15. The molecule has 1 fully saturated rings. The van der Waals surface area contributed by atoms with Gasteiger partial charge in [-0.1, -0.05) is 20.8 Å². The largest absolute Gasteiger partial charge is 0.155 e. The Kier molecular flexibility index (Phi) is 2.33. The third-order valence-corrected chi connectivity index (χ3v) is 4.32. The monoisotopic (exact) mass is 230 g/mol. The maximum atomic E-state index is 4.54. The lowest BCUT2D eigenvalue weighted by atomic mass is 9.86. The standard InChI is InChI=1S/C15H22N2/c1-9-12(8-15(2,3)4)16-17-14-11-6-5-10(7-11)13(9)14/h10-11H,5-8H2,1-4H3/t10-,11+/m1/s1. The van der Waals surface area contributed by atoms with Crippen molar-refractivity contribution in [3.8, 4) is 0 Å². The van der Waals surface area contributed by atoms with Gasteiger partial charge >= 0.3 is 0 Å². The lowest BCUT2D eigenvalue weighted by molar-refractivity contribution is 0.402. The van der Waals surface area contributed by atoms with Gasteiger partial charge in [0.15, 0.2) is 0 Å². The molecule has 2 heteroatoms. The second kappa shape index (κ2) is 3.54. The highest BCUT2D eigenvalue weighted by Gasteiger charge is 2.40. The van der Waals surface area contributed by atoms with Crippen molar-refractivity contribution in [1.82, 2.24) is 10.2 Å². The maximum absolute atomic E-state index is 4.54. The normalized spacial score (nSPS) is 26.4. The third kappa shape index (κ3) is 1.78. The van der Waals surface area contributed by atoms with Crippen LogP contribution in [0.25, 0.3) is 0 Å². The molecule has 0 amide bonds. The van der Waals surface area contributed by atoms with Crippen LogP contribution in [0.3, 0.4) is 0 Å². The van der Waals surface area contributed by atoms with E-state index in [1.807, 2.05) is 0 Å². The molecule has 0 aromatic carbocycles. The van der Waals surface area contributed by atoms with E-state index in [1.165, 1.54) is 36.2 Å². The van der Waals surface area contributed by atoms with Gasteiger partial charge in [-0.05, 0) is 55.1 Å². The van der Waals surface area contributed by atoms with Gasteiger partial charge in [0.1, 0.15) is 0 Å². The summed E-state index contributed by atoms with van der Waals surface area (Å²) in [6.07, 6.45) is 5.09. The summed E-state index contributed by atoms with van der Waals surface area (Å²) >= 11 is 0. The first-order valence-corrected chi connectivity index (χ1v) is 6.81. The average Bonchev–Trinajstić information content (AvgIpc) is 2.80. The first-order valence-electron chi connectivity index (χ1n) is 6.81. The van der Waals surface area contributed by atoms with Crippen LogP contribution < -0.4 is 0 Å². The van der Waals surface area contributed by atoms with Crippen LogP contribution in [0, 0.1) is 12.3 Å². The van der Waals surface area contributed by atoms with Gasteiger partial charge in [-0.2, -0.15) is 10.2 Å². The topological polar surface area (TPSA) is 25.8 Å². The molecule has 0 spiro atoms. The fourth-order valence-electron chi connectivity index (χ4n) is 3.57. The fourth-order valence-corrected chi connectivity index (χ4v) is 3.57. The van der Waals surface area contributed by atoms with Crippen LogP contribution in [0.15, 0.2) is 0 Å². The maximum Gasteiger partial charge on any atom is 0.0699 e. The smallest absolute Gasteiger partial charge is 0.0699 e. The molecular weight excluding hydrogens is 208 g/mol. The van der Waals surface area contributed by atoms with Gasteiger partial charge in [-0.25, -0.2) is 0 Å². The number of hydrogen-bond acceptors (Lipinski definition) is 2. The molecule has 2 aliphatic carbocycles. The van der Waals surface area contributed by atoms with Gasteiger partial charge < -0.3 is 0 Å². The molecule has 17 heavy (non-hydrogen) atoms. The minimum absolute atomic E-state index is 0.297. The van der Waals surface area contributed by atoms with E-state index in [-0.39, 0.29) is 0 Å². The molecule has 3 rings (SSSR count). The molecule has 1 aromatic rings. The van der Waals surface area contributed by atoms with Crippen molar-refractivity contribution in [2.45, 2.75) is 65.2 Å². The van der Waals surface area contributed by atoms with E-state index in [0.29, 0.717) is 5.41 Å². The SMILES string of the molecule is Cc1c(CC(C)(C)C)nnc2c1[C@@H]1CC[C@H]2C1. The zero-order chi connectivity index (χ0) is 12.2. The summed E-state index contributed by atoms with van der Waals surface area (Å²) in [6.45, 7) is 9.07. The predicted octanol–water partition coefficient (Wildman–Crippen LogP) is 3.74. The van der Waals surface area contributed by atoms with E-state index >= 15 is 0 Å². The fraction of sp³-hybridized carbons (Fsp3) is 0.733. The van der Waals surface area contributed by atoms with Crippen LogP contribution >= 0.6 is 0 Å². The van der Waals surface area contributed by atoms with Crippen molar-refractivity contribution in [1.29, 1.82) is 0 Å². The van der Waals surface area contributed by atoms with E-state index in [1.54, 1.807) is 5.56 Å². The first kappa shape index (κ1) is 11.2. The molecule has 2 atom stereocenters. The predicted molar refractivity (Wildman–Crippen MR) is 69.3 cm³/mol. The molecule has 2 aliphatic rings. The third-order valence-electron chi connectivity index (χ3n) is 4.32. The van der Waals surface area contributed by atoms with Gasteiger partial charge in [0.05, 0.1) is 11.4 Å². The number of aromatic nitrogens is 2. The first-order chi connectivity index (χ1) is 7.96. The van der Waals surface area contributed by atoms with Crippen molar-refractivity contribution in [3.05, 3.63) is 22.5 Å². The Morgan fingerprint density at radius 1 is 1.12 bits per heavy atom. The van der Waals surface area contributed by atoms with Gasteiger partial charge in [0, 0.05) is 5.92 Å². The Labute approximate surface area is 104 Å². The van der Waals surface area contributed by atoms with Crippen LogP contribution in [0.5, 0.6) is 0 Å².